The van der Waals surface area contributed by atoms with E-state index in [-0.39, 0.29) is 0 Å². The number of hydrogen-bond donors (Lipinski definition) is 0. The molecule has 0 fully saturated rings. The third-order valence-corrected chi connectivity index (χ3v) is 5.80. The first kappa shape index (κ1) is 22.8. The predicted molar refractivity (Wildman–Crippen MR) is 133 cm³/mol. The zero-order valence-corrected chi connectivity index (χ0v) is 19.8. The molecule has 0 aliphatic rings. The SMILES string of the molecule is CCN(Cc1ccc(C)cc1)Cc1cccc(OCCc2nc(-c3ccccc3)oc2C)c1. The Morgan fingerprint density at radius 2 is 1.61 bits per heavy atom. The predicted octanol–water partition coefficient (Wildman–Crippen LogP) is 6.60. The first-order valence-electron chi connectivity index (χ1n) is 11.6. The minimum absolute atomic E-state index is 0.561. The average Bonchev–Trinajstić information content (AvgIpc) is 3.21. The Kier molecular flexibility index (Phi) is 7.59. The second-order valence-corrected chi connectivity index (χ2v) is 8.42. The topological polar surface area (TPSA) is 38.5 Å². The largest absolute Gasteiger partial charge is 0.493 e. The van der Waals surface area contributed by atoms with Gasteiger partial charge in [0.2, 0.25) is 5.89 Å². The van der Waals surface area contributed by atoms with E-state index in [0.29, 0.717) is 18.9 Å². The highest BCUT2D eigenvalue weighted by Gasteiger charge is 2.11. The van der Waals surface area contributed by atoms with E-state index in [1.54, 1.807) is 0 Å². The molecule has 0 aliphatic heterocycles. The molecule has 4 rings (SSSR count). The van der Waals surface area contributed by atoms with Crippen molar-refractivity contribution >= 4 is 0 Å². The third kappa shape index (κ3) is 6.33. The lowest BCUT2D eigenvalue weighted by atomic mass is 10.1. The number of aryl methyl sites for hydroxylation is 2. The van der Waals surface area contributed by atoms with Crippen LogP contribution in [0.2, 0.25) is 0 Å². The summed E-state index contributed by atoms with van der Waals surface area (Å²) in [6, 6.07) is 27.2. The molecule has 0 saturated heterocycles. The molecule has 4 aromatic rings. The molecule has 0 saturated carbocycles. The van der Waals surface area contributed by atoms with Crippen molar-refractivity contribution in [3.05, 3.63) is 107 Å². The summed E-state index contributed by atoms with van der Waals surface area (Å²) in [7, 11) is 0. The number of ether oxygens (including phenoxy) is 1. The van der Waals surface area contributed by atoms with Gasteiger partial charge in [-0.1, -0.05) is 67.1 Å². The van der Waals surface area contributed by atoms with Crippen molar-refractivity contribution in [3.8, 4) is 17.2 Å². The van der Waals surface area contributed by atoms with Crippen LogP contribution in [-0.4, -0.2) is 23.0 Å². The standard InChI is InChI=1S/C29H32N2O2/c1-4-31(20-24-15-13-22(2)14-16-24)21-25-9-8-12-27(19-25)32-18-17-28-23(3)33-29(30-28)26-10-6-5-7-11-26/h5-16,19H,4,17-18,20-21H2,1-3H3. The van der Waals surface area contributed by atoms with Gasteiger partial charge in [0.05, 0.1) is 12.3 Å². The second-order valence-electron chi connectivity index (χ2n) is 8.42. The van der Waals surface area contributed by atoms with Gasteiger partial charge in [-0.05, 0) is 55.8 Å². The second kappa shape index (κ2) is 11.0. The molecule has 0 radical (unpaired) electrons. The fourth-order valence-corrected chi connectivity index (χ4v) is 3.85. The molecule has 1 heterocycles. The summed E-state index contributed by atoms with van der Waals surface area (Å²) in [6.07, 6.45) is 0.709. The van der Waals surface area contributed by atoms with Gasteiger partial charge in [-0.15, -0.1) is 0 Å². The fourth-order valence-electron chi connectivity index (χ4n) is 3.85. The van der Waals surface area contributed by atoms with Gasteiger partial charge >= 0.3 is 0 Å². The van der Waals surface area contributed by atoms with Gasteiger partial charge in [0.15, 0.2) is 0 Å². The molecule has 0 atom stereocenters. The lowest BCUT2D eigenvalue weighted by molar-refractivity contribution is 0.270. The lowest BCUT2D eigenvalue weighted by Crippen LogP contribution is -2.22. The Bertz CT molecular complexity index is 1150. The molecule has 170 valence electrons. The van der Waals surface area contributed by atoms with Crippen LogP contribution in [0, 0.1) is 13.8 Å². The molecule has 0 bridgehead atoms. The van der Waals surface area contributed by atoms with Crippen LogP contribution < -0.4 is 4.74 Å². The van der Waals surface area contributed by atoms with E-state index in [0.717, 1.165) is 42.4 Å². The number of nitrogens with zero attached hydrogens (tertiary/aromatic N) is 2. The molecule has 33 heavy (non-hydrogen) atoms. The molecule has 3 aromatic carbocycles. The summed E-state index contributed by atoms with van der Waals surface area (Å²) in [5.74, 6) is 2.41. The molecule has 4 heteroatoms. The monoisotopic (exact) mass is 440 g/mol. The fraction of sp³-hybridized carbons (Fsp3) is 0.276. The summed E-state index contributed by atoms with van der Waals surface area (Å²) >= 11 is 0. The maximum Gasteiger partial charge on any atom is 0.226 e. The molecule has 4 nitrogen and oxygen atoms in total. The van der Waals surface area contributed by atoms with Crippen molar-refractivity contribution in [1.82, 2.24) is 9.88 Å². The van der Waals surface area contributed by atoms with E-state index in [2.05, 4.69) is 66.2 Å². The van der Waals surface area contributed by atoms with E-state index < -0.39 is 0 Å². The van der Waals surface area contributed by atoms with Crippen LogP contribution in [-0.2, 0) is 19.5 Å². The van der Waals surface area contributed by atoms with E-state index >= 15 is 0 Å². The van der Waals surface area contributed by atoms with Crippen molar-refractivity contribution in [3.63, 3.8) is 0 Å². The maximum absolute atomic E-state index is 6.07. The van der Waals surface area contributed by atoms with Gasteiger partial charge in [-0.3, -0.25) is 4.90 Å². The van der Waals surface area contributed by atoms with Gasteiger partial charge in [0.25, 0.3) is 0 Å². The smallest absolute Gasteiger partial charge is 0.226 e. The Hall–Kier alpha value is -3.37. The van der Waals surface area contributed by atoms with Gasteiger partial charge in [0, 0.05) is 25.1 Å². The zero-order valence-electron chi connectivity index (χ0n) is 19.8. The number of aromatic nitrogens is 1. The molecule has 0 aliphatic carbocycles. The summed E-state index contributed by atoms with van der Waals surface area (Å²) in [5.41, 5.74) is 5.83. The molecule has 1 aromatic heterocycles. The quantitative estimate of drug-likeness (QED) is 0.278. The number of benzene rings is 3. The van der Waals surface area contributed by atoms with E-state index in [9.17, 15) is 0 Å². The third-order valence-electron chi connectivity index (χ3n) is 5.80. The number of hydrogen-bond acceptors (Lipinski definition) is 4. The van der Waals surface area contributed by atoms with Crippen molar-refractivity contribution < 1.29 is 9.15 Å². The first-order valence-corrected chi connectivity index (χ1v) is 11.6. The molecule has 0 amide bonds. The van der Waals surface area contributed by atoms with Gasteiger partial charge < -0.3 is 9.15 Å². The van der Waals surface area contributed by atoms with Crippen molar-refractivity contribution in [2.75, 3.05) is 13.2 Å². The van der Waals surface area contributed by atoms with Gasteiger partial charge in [-0.25, -0.2) is 4.98 Å². The van der Waals surface area contributed by atoms with Crippen molar-refractivity contribution in [2.45, 2.75) is 40.3 Å². The minimum Gasteiger partial charge on any atom is -0.493 e. The van der Waals surface area contributed by atoms with E-state index in [1.807, 2.05) is 43.3 Å². The summed E-state index contributed by atoms with van der Waals surface area (Å²) in [4.78, 5) is 7.11. The highest BCUT2D eigenvalue weighted by molar-refractivity contribution is 5.53. The molecular formula is C29H32N2O2. The highest BCUT2D eigenvalue weighted by atomic mass is 16.5. The zero-order chi connectivity index (χ0) is 23.0. The van der Waals surface area contributed by atoms with Crippen LogP contribution in [0.4, 0.5) is 0 Å². The van der Waals surface area contributed by atoms with Crippen molar-refractivity contribution in [2.24, 2.45) is 0 Å². The van der Waals surface area contributed by atoms with Crippen LogP contribution in [0.5, 0.6) is 5.75 Å². The summed E-state index contributed by atoms with van der Waals surface area (Å²) < 4.78 is 11.9. The summed E-state index contributed by atoms with van der Waals surface area (Å²) in [6.45, 7) is 9.68. The van der Waals surface area contributed by atoms with Gasteiger partial charge in [0.1, 0.15) is 11.5 Å². The van der Waals surface area contributed by atoms with Crippen LogP contribution in [0.3, 0.4) is 0 Å². The lowest BCUT2D eigenvalue weighted by Gasteiger charge is -2.21. The van der Waals surface area contributed by atoms with Gasteiger partial charge in [-0.2, -0.15) is 0 Å². The molecule has 0 unspecified atom stereocenters. The molecular weight excluding hydrogens is 408 g/mol. The van der Waals surface area contributed by atoms with Crippen molar-refractivity contribution in [1.29, 1.82) is 0 Å². The molecule has 0 N–H and O–H groups in total. The van der Waals surface area contributed by atoms with Crippen LogP contribution >= 0.6 is 0 Å². The number of rotatable bonds is 10. The van der Waals surface area contributed by atoms with Crippen LogP contribution in [0.15, 0.2) is 83.3 Å². The Balaban J connectivity index is 1.33. The van der Waals surface area contributed by atoms with Crippen LogP contribution in [0.25, 0.3) is 11.5 Å². The van der Waals surface area contributed by atoms with Crippen LogP contribution in [0.1, 0.15) is 35.1 Å². The average molecular weight is 441 g/mol. The minimum atomic E-state index is 0.561. The van der Waals surface area contributed by atoms with E-state index in [1.165, 1.54) is 16.7 Å². The Morgan fingerprint density at radius 1 is 0.848 bits per heavy atom. The molecule has 0 spiro atoms. The Labute approximate surface area is 196 Å². The normalized spacial score (nSPS) is 11.2. The highest BCUT2D eigenvalue weighted by Crippen LogP contribution is 2.22. The first-order chi connectivity index (χ1) is 16.1. The summed E-state index contributed by atoms with van der Waals surface area (Å²) in [5, 5.41) is 0. The van der Waals surface area contributed by atoms with E-state index in [4.69, 9.17) is 9.15 Å². The maximum atomic E-state index is 6.07. The number of oxazole rings is 1. The Morgan fingerprint density at radius 3 is 2.36 bits per heavy atom.